The zero-order valence-corrected chi connectivity index (χ0v) is 26.8. The van der Waals surface area contributed by atoms with E-state index < -0.39 is 18.2 Å². The first-order valence-corrected chi connectivity index (χ1v) is 16.2. The fraction of sp³-hybridized carbons (Fsp3) is 0.471. The number of likely N-dealkylation sites (tertiary alicyclic amines) is 1. The highest BCUT2D eigenvalue weighted by Gasteiger charge is 2.33. The van der Waals surface area contributed by atoms with Crippen LogP contribution < -0.4 is 19.7 Å². The molecule has 3 fully saturated rings. The number of rotatable bonds is 9. The summed E-state index contributed by atoms with van der Waals surface area (Å²) < 4.78 is 32.1. The molecular weight excluding hydrogens is 617 g/mol. The van der Waals surface area contributed by atoms with Gasteiger partial charge in [-0.3, -0.25) is 9.69 Å². The summed E-state index contributed by atoms with van der Waals surface area (Å²) in [7, 11) is 1.67. The number of carbonyl (C=O) groups is 1. The number of morpholine rings is 1. The molecule has 3 aliphatic rings. The van der Waals surface area contributed by atoms with E-state index in [4.69, 9.17) is 19.5 Å². The second-order valence-electron chi connectivity index (χ2n) is 12.0. The van der Waals surface area contributed by atoms with E-state index in [2.05, 4.69) is 36.1 Å². The summed E-state index contributed by atoms with van der Waals surface area (Å²) in [4.78, 5) is 31.4. The van der Waals surface area contributed by atoms with Crippen LogP contribution in [0.15, 0.2) is 42.7 Å². The first-order chi connectivity index (χ1) is 23.4. The summed E-state index contributed by atoms with van der Waals surface area (Å²) in [5.74, 6) is 1.24. The predicted octanol–water partition coefficient (Wildman–Crippen LogP) is 3.69. The Morgan fingerprint density at radius 1 is 1.04 bits per heavy atom. The molecule has 1 amide bonds. The van der Waals surface area contributed by atoms with Crippen molar-refractivity contribution in [3.63, 3.8) is 0 Å². The van der Waals surface area contributed by atoms with Crippen molar-refractivity contribution in [2.24, 2.45) is 0 Å². The lowest BCUT2D eigenvalue weighted by Gasteiger charge is -2.41. The molecule has 48 heavy (non-hydrogen) atoms. The highest BCUT2D eigenvalue weighted by molar-refractivity contribution is 5.78. The fourth-order valence-corrected chi connectivity index (χ4v) is 6.50. The number of ether oxygens (including phenoxy) is 3. The molecule has 1 aromatic heterocycles. The molecule has 6 rings (SSSR count). The van der Waals surface area contributed by atoms with Crippen molar-refractivity contribution in [1.82, 2.24) is 24.8 Å². The Morgan fingerprint density at radius 3 is 2.58 bits per heavy atom. The Hall–Kier alpha value is -5.05. The molecule has 250 valence electrons. The number of halogens is 1. The maximum atomic E-state index is 14.9. The molecule has 14 heteroatoms. The molecule has 3 aromatic rings. The summed E-state index contributed by atoms with van der Waals surface area (Å²) in [6, 6.07) is 15.3. The van der Waals surface area contributed by atoms with E-state index in [1.807, 2.05) is 18.2 Å². The number of benzene rings is 2. The van der Waals surface area contributed by atoms with Crippen molar-refractivity contribution in [3.8, 4) is 35.0 Å². The van der Waals surface area contributed by atoms with Gasteiger partial charge in [0, 0.05) is 62.5 Å². The van der Waals surface area contributed by atoms with Crippen molar-refractivity contribution in [2.75, 3.05) is 69.8 Å². The molecule has 2 aromatic carbocycles. The van der Waals surface area contributed by atoms with Crippen molar-refractivity contribution >= 4 is 23.2 Å². The van der Waals surface area contributed by atoms with Crippen molar-refractivity contribution in [2.45, 2.75) is 44.0 Å². The SMILES string of the molecule is COc1cc(Nc2ncnc(-c3ccc(O[C@H]4CCN(C(=O)CC#N)C[C@@H]4F)c(C#N)c3)n2)ccc1N1CCC(N2CCOCC2)CC1. The Bertz CT molecular complexity index is 1680. The van der Waals surface area contributed by atoms with E-state index in [1.165, 1.54) is 11.2 Å². The van der Waals surface area contributed by atoms with Crippen LogP contribution in [0.1, 0.15) is 31.2 Å². The van der Waals surface area contributed by atoms with Crippen LogP contribution in [0.2, 0.25) is 0 Å². The summed E-state index contributed by atoms with van der Waals surface area (Å²) in [5.41, 5.74) is 2.56. The van der Waals surface area contributed by atoms with Gasteiger partial charge in [0.1, 0.15) is 36.4 Å². The van der Waals surface area contributed by atoms with Gasteiger partial charge in [-0.05, 0) is 43.2 Å². The second-order valence-corrected chi connectivity index (χ2v) is 12.0. The number of nitriles is 2. The number of amides is 1. The van der Waals surface area contributed by atoms with Gasteiger partial charge < -0.3 is 29.3 Å². The van der Waals surface area contributed by atoms with Gasteiger partial charge >= 0.3 is 0 Å². The van der Waals surface area contributed by atoms with Gasteiger partial charge in [0.05, 0.1) is 44.2 Å². The first kappa shape index (κ1) is 32.9. The predicted molar refractivity (Wildman–Crippen MR) is 175 cm³/mol. The van der Waals surface area contributed by atoms with E-state index in [1.54, 1.807) is 31.4 Å². The van der Waals surface area contributed by atoms with Gasteiger partial charge in [-0.1, -0.05) is 0 Å². The zero-order chi connectivity index (χ0) is 33.5. The largest absolute Gasteiger partial charge is 0.495 e. The van der Waals surface area contributed by atoms with E-state index in [0.717, 1.165) is 69.4 Å². The number of aromatic nitrogens is 3. The highest BCUT2D eigenvalue weighted by atomic mass is 19.1. The van der Waals surface area contributed by atoms with Crippen LogP contribution in [0.25, 0.3) is 11.4 Å². The van der Waals surface area contributed by atoms with Crippen molar-refractivity contribution in [1.29, 1.82) is 10.5 Å². The number of hydrogen-bond donors (Lipinski definition) is 1. The number of alkyl halides is 1. The lowest BCUT2D eigenvalue weighted by Crippen LogP contribution is -2.49. The Labute approximate surface area is 278 Å². The molecule has 0 bridgehead atoms. The van der Waals surface area contributed by atoms with Gasteiger partial charge in [-0.25, -0.2) is 14.4 Å². The average Bonchev–Trinajstić information content (AvgIpc) is 3.13. The Balaban J connectivity index is 1.10. The topological polar surface area (TPSA) is 153 Å². The summed E-state index contributed by atoms with van der Waals surface area (Å²) in [6.07, 6.45) is 1.26. The second kappa shape index (κ2) is 15.2. The Kier molecular flexibility index (Phi) is 10.4. The normalized spacial score (nSPS) is 20.4. The number of anilines is 3. The molecule has 0 unspecified atom stereocenters. The van der Waals surface area contributed by atoms with Crippen LogP contribution >= 0.6 is 0 Å². The molecule has 0 aliphatic carbocycles. The third-order valence-electron chi connectivity index (χ3n) is 9.08. The van der Waals surface area contributed by atoms with Gasteiger partial charge in [0.2, 0.25) is 11.9 Å². The summed E-state index contributed by atoms with van der Waals surface area (Å²) >= 11 is 0. The van der Waals surface area contributed by atoms with Crippen LogP contribution in [-0.4, -0.2) is 109 Å². The highest BCUT2D eigenvalue weighted by Crippen LogP contribution is 2.35. The molecule has 0 spiro atoms. The van der Waals surface area contributed by atoms with Crippen molar-refractivity contribution < 1.29 is 23.4 Å². The smallest absolute Gasteiger partial charge is 0.236 e. The molecule has 0 radical (unpaired) electrons. The molecule has 3 aliphatic heterocycles. The number of hydrogen-bond acceptors (Lipinski definition) is 12. The van der Waals surface area contributed by atoms with E-state index in [9.17, 15) is 14.4 Å². The first-order valence-electron chi connectivity index (χ1n) is 16.2. The molecular formula is C34H38FN9O4. The maximum absolute atomic E-state index is 14.9. The van der Waals surface area contributed by atoms with E-state index >= 15 is 0 Å². The molecule has 0 saturated carbocycles. The minimum Gasteiger partial charge on any atom is -0.495 e. The molecule has 4 heterocycles. The quantitative estimate of drug-likeness (QED) is 0.358. The minimum atomic E-state index is -1.45. The number of nitrogens with zero attached hydrogens (tertiary/aromatic N) is 8. The van der Waals surface area contributed by atoms with Gasteiger partial charge in [0.25, 0.3) is 0 Å². The number of methoxy groups -OCH3 is 1. The average molecular weight is 656 g/mol. The Morgan fingerprint density at radius 2 is 1.85 bits per heavy atom. The van der Waals surface area contributed by atoms with Crippen LogP contribution in [0.3, 0.4) is 0 Å². The lowest BCUT2D eigenvalue weighted by molar-refractivity contribution is -0.134. The zero-order valence-electron chi connectivity index (χ0n) is 26.8. The summed E-state index contributed by atoms with van der Waals surface area (Å²) in [6.45, 7) is 5.65. The van der Waals surface area contributed by atoms with Gasteiger partial charge in [-0.15, -0.1) is 0 Å². The van der Waals surface area contributed by atoms with Gasteiger partial charge in [0.15, 0.2) is 12.0 Å². The number of carbonyl (C=O) groups excluding carboxylic acids is 1. The van der Waals surface area contributed by atoms with Crippen LogP contribution in [0.5, 0.6) is 11.5 Å². The number of nitrogens with one attached hydrogen (secondary N) is 1. The molecule has 2 atom stereocenters. The molecule has 1 N–H and O–H groups in total. The van der Waals surface area contributed by atoms with Crippen LogP contribution in [0.4, 0.5) is 21.7 Å². The van der Waals surface area contributed by atoms with Crippen molar-refractivity contribution in [3.05, 3.63) is 48.3 Å². The van der Waals surface area contributed by atoms with Gasteiger partial charge in [-0.2, -0.15) is 15.5 Å². The molecule has 13 nitrogen and oxygen atoms in total. The van der Waals surface area contributed by atoms with Crippen LogP contribution in [-0.2, 0) is 9.53 Å². The lowest BCUT2D eigenvalue weighted by atomic mass is 10.0. The monoisotopic (exact) mass is 655 g/mol. The van der Waals surface area contributed by atoms with E-state index in [0.29, 0.717) is 23.4 Å². The maximum Gasteiger partial charge on any atom is 0.236 e. The van der Waals surface area contributed by atoms with E-state index in [-0.39, 0.29) is 37.2 Å². The number of piperidine rings is 2. The molecule has 3 saturated heterocycles. The third kappa shape index (κ3) is 7.56. The fourth-order valence-electron chi connectivity index (χ4n) is 6.50. The standard InChI is InChI=1S/C34H38FN9O4/c1-46-31-19-25(3-4-28(31)43-11-7-26(8-12-43)42-14-16-47-17-15-42)40-34-39-22-38-33(41-34)23-2-5-29(24(18-23)20-37)48-30-9-13-44(21-27(30)35)32(45)6-10-36/h2-5,18-19,22,26-27,30H,6-9,11-17,21H2,1H3,(H,38,39,40,41)/t27-,30-/m0/s1. The van der Waals surface area contributed by atoms with Crippen LogP contribution in [0, 0.1) is 22.7 Å². The third-order valence-corrected chi connectivity index (χ3v) is 9.08. The summed E-state index contributed by atoms with van der Waals surface area (Å²) in [5, 5.41) is 21.8. The minimum absolute atomic E-state index is 0.158.